The molecular formula is C6H5Cl4NO2. The summed E-state index contributed by atoms with van der Waals surface area (Å²) >= 11 is 22.3. The van der Waals surface area contributed by atoms with E-state index in [9.17, 15) is 9.59 Å². The molecule has 7 heteroatoms. The fourth-order valence-electron chi connectivity index (χ4n) is 0.903. The van der Waals surface area contributed by atoms with Gasteiger partial charge in [0.1, 0.15) is 10.9 Å². The molecule has 0 spiro atoms. The Morgan fingerprint density at radius 2 is 1.92 bits per heavy atom. The highest BCUT2D eigenvalue weighted by Crippen LogP contribution is 2.29. The fourth-order valence-corrected chi connectivity index (χ4v) is 1.85. The quantitative estimate of drug-likeness (QED) is 0.438. The van der Waals surface area contributed by atoms with E-state index in [0.717, 1.165) is 0 Å². The van der Waals surface area contributed by atoms with E-state index in [1.807, 2.05) is 0 Å². The number of amides is 1. The van der Waals surface area contributed by atoms with Gasteiger partial charge in [-0.2, -0.15) is 0 Å². The van der Waals surface area contributed by atoms with E-state index in [0.29, 0.717) is 0 Å². The number of nitrogens with one attached hydrogen (secondary N) is 1. The van der Waals surface area contributed by atoms with E-state index < -0.39 is 27.4 Å². The van der Waals surface area contributed by atoms with Crippen molar-refractivity contribution >= 4 is 58.1 Å². The minimum Gasteiger partial charge on any atom is -0.336 e. The standard InChI is InChI=1S/C6H5Cl4NO2/c7-1-6(10)3(12)2(8)4(9)11-5(6)13/h2,4H,1H2,(H,11,13). The van der Waals surface area contributed by atoms with Crippen LogP contribution in [0, 0.1) is 0 Å². The second-order valence-corrected chi connectivity index (χ2v) is 4.43. The van der Waals surface area contributed by atoms with Crippen molar-refractivity contribution < 1.29 is 9.59 Å². The Balaban J connectivity index is 2.99. The predicted octanol–water partition coefficient (Wildman–Crippen LogP) is 1.07. The Morgan fingerprint density at radius 1 is 1.38 bits per heavy atom. The highest BCUT2D eigenvalue weighted by molar-refractivity contribution is 6.56. The molecule has 74 valence electrons. The first-order valence-corrected chi connectivity index (χ1v) is 5.10. The zero-order valence-corrected chi connectivity index (χ0v) is 9.21. The summed E-state index contributed by atoms with van der Waals surface area (Å²) in [6, 6.07) is 0. The van der Waals surface area contributed by atoms with Gasteiger partial charge in [0.15, 0.2) is 10.7 Å². The van der Waals surface area contributed by atoms with Gasteiger partial charge in [-0.3, -0.25) is 9.59 Å². The van der Waals surface area contributed by atoms with Crippen LogP contribution in [0.25, 0.3) is 0 Å². The summed E-state index contributed by atoms with van der Waals surface area (Å²) in [6.45, 7) is 0. The van der Waals surface area contributed by atoms with E-state index in [1.165, 1.54) is 0 Å². The summed E-state index contributed by atoms with van der Waals surface area (Å²) in [5.41, 5.74) is -0.934. The van der Waals surface area contributed by atoms with Crippen molar-refractivity contribution in [2.75, 3.05) is 5.88 Å². The minimum atomic E-state index is -1.78. The van der Waals surface area contributed by atoms with Crippen LogP contribution in [0.5, 0.6) is 0 Å². The summed E-state index contributed by atoms with van der Waals surface area (Å²) in [5, 5.41) is 1.21. The van der Waals surface area contributed by atoms with Crippen molar-refractivity contribution in [2.45, 2.75) is 15.8 Å². The molecule has 1 aliphatic heterocycles. The third-order valence-corrected chi connectivity index (χ3v) is 3.68. The van der Waals surface area contributed by atoms with Crippen molar-refractivity contribution in [3.63, 3.8) is 0 Å². The highest BCUT2D eigenvalue weighted by atomic mass is 35.5. The number of alkyl halides is 4. The molecule has 0 aliphatic carbocycles. The normalized spacial score (nSPS) is 40.3. The summed E-state index contributed by atoms with van der Waals surface area (Å²) in [4.78, 5) is 20.8. The van der Waals surface area contributed by atoms with Gasteiger partial charge in [0.25, 0.3) is 5.91 Å². The molecule has 0 aromatic carbocycles. The zero-order chi connectivity index (χ0) is 10.2. The van der Waals surface area contributed by atoms with Gasteiger partial charge in [-0.1, -0.05) is 23.2 Å². The number of piperidine rings is 1. The number of Topliss-reactive ketones (excluding diaryl/α,β-unsaturated/α-hetero) is 1. The van der Waals surface area contributed by atoms with Gasteiger partial charge in [0.05, 0.1) is 5.88 Å². The Kier molecular flexibility index (Phi) is 3.33. The SMILES string of the molecule is O=C1NC(Cl)C(Cl)C(=O)C1(Cl)CCl. The van der Waals surface area contributed by atoms with Crippen molar-refractivity contribution in [1.29, 1.82) is 0 Å². The molecule has 1 rings (SSSR count). The van der Waals surface area contributed by atoms with E-state index in [2.05, 4.69) is 5.32 Å². The van der Waals surface area contributed by atoms with Crippen molar-refractivity contribution in [2.24, 2.45) is 0 Å². The van der Waals surface area contributed by atoms with Gasteiger partial charge in [0.2, 0.25) is 0 Å². The Hall–Kier alpha value is 0.300. The molecule has 1 N–H and O–H groups in total. The molecule has 3 unspecified atom stereocenters. The smallest absolute Gasteiger partial charge is 0.251 e. The average Bonchev–Trinajstić information content (AvgIpc) is 2.11. The average molecular weight is 265 g/mol. The van der Waals surface area contributed by atoms with Crippen LogP contribution in [0.15, 0.2) is 0 Å². The maximum absolute atomic E-state index is 11.4. The summed E-state index contributed by atoms with van der Waals surface area (Å²) in [5.74, 6) is -1.69. The lowest BCUT2D eigenvalue weighted by molar-refractivity contribution is -0.134. The van der Waals surface area contributed by atoms with E-state index in [4.69, 9.17) is 46.4 Å². The summed E-state index contributed by atoms with van der Waals surface area (Å²) < 4.78 is 0. The molecule has 0 radical (unpaired) electrons. The Labute approximate surface area is 94.6 Å². The zero-order valence-electron chi connectivity index (χ0n) is 6.19. The topological polar surface area (TPSA) is 46.2 Å². The van der Waals surface area contributed by atoms with E-state index in [-0.39, 0.29) is 5.88 Å². The number of carbonyl (C=O) groups is 2. The fraction of sp³-hybridized carbons (Fsp3) is 0.667. The van der Waals surface area contributed by atoms with Gasteiger partial charge in [-0.15, -0.1) is 23.2 Å². The van der Waals surface area contributed by atoms with Crippen LogP contribution >= 0.6 is 46.4 Å². The molecule has 1 aliphatic rings. The maximum Gasteiger partial charge on any atom is 0.251 e. The number of hydrogen-bond acceptors (Lipinski definition) is 2. The van der Waals surface area contributed by atoms with Gasteiger partial charge in [-0.25, -0.2) is 0 Å². The van der Waals surface area contributed by atoms with Crippen LogP contribution in [0.1, 0.15) is 0 Å². The molecule has 3 atom stereocenters. The van der Waals surface area contributed by atoms with Crippen LogP contribution < -0.4 is 5.32 Å². The number of ketones is 1. The third kappa shape index (κ3) is 1.75. The largest absolute Gasteiger partial charge is 0.336 e. The van der Waals surface area contributed by atoms with Crippen molar-refractivity contribution in [1.82, 2.24) is 5.32 Å². The van der Waals surface area contributed by atoms with Crippen LogP contribution in [0.4, 0.5) is 0 Å². The molecule has 0 aromatic heterocycles. The second kappa shape index (κ2) is 3.81. The van der Waals surface area contributed by atoms with Crippen LogP contribution in [-0.4, -0.2) is 33.3 Å². The monoisotopic (exact) mass is 263 g/mol. The van der Waals surface area contributed by atoms with Crippen LogP contribution in [-0.2, 0) is 9.59 Å². The lowest BCUT2D eigenvalue weighted by Gasteiger charge is -2.32. The first kappa shape index (κ1) is 11.4. The lowest BCUT2D eigenvalue weighted by atomic mass is 9.97. The van der Waals surface area contributed by atoms with Crippen LogP contribution in [0.2, 0.25) is 0 Å². The highest BCUT2D eigenvalue weighted by Gasteiger charge is 2.52. The van der Waals surface area contributed by atoms with Gasteiger partial charge < -0.3 is 5.32 Å². The first-order valence-electron chi connectivity index (χ1n) is 3.32. The summed E-state index contributed by atoms with van der Waals surface area (Å²) in [6.07, 6.45) is 0. The predicted molar refractivity (Wildman–Crippen MR) is 51.7 cm³/mol. The molecule has 0 bridgehead atoms. The molecule has 1 fully saturated rings. The van der Waals surface area contributed by atoms with Crippen molar-refractivity contribution in [3.8, 4) is 0 Å². The number of rotatable bonds is 1. The molecule has 0 saturated carbocycles. The van der Waals surface area contributed by atoms with Crippen LogP contribution in [0.3, 0.4) is 0 Å². The molecule has 3 nitrogen and oxygen atoms in total. The van der Waals surface area contributed by atoms with Crippen molar-refractivity contribution in [3.05, 3.63) is 0 Å². The Bertz CT molecular complexity index is 259. The maximum atomic E-state index is 11.4. The molecular weight excluding hydrogens is 260 g/mol. The first-order chi connectivity index (χ1) is 5.93. The molecule has 1 amide bonds. The minimum absolute atomic E-state index is 0.327. The molecule has 0 aromatic rings. The third-order valence-electron chi connectivity index (χ3n) is 1.71. The number of carbonyl (C=O) groups excluding carboxylic acids is 2. The Morgan fingerprint density at radius 3 is 2.38 bits per heavy atom. The number of halogens is 4. The summed E-state index contributed by atoms with van der Waals surface area (Å²) in [7, 11) is 0. The molecule has 1 heterocycles. The van der Waals surface area contributed by atoms with E-state index in [1.54, 1.807) is 0 Å². The molecule has 1 saturated heterocycles. The number of hydrogen-bond donors (Lipinski definition) is 1. The van der Waals surface area contributed by atoms with Gasteiger partial charge in [0, 0.05) is 0 Å². The molecule has 13 heavy (non-hydrogen) atoms. The van der Waals surface area contributed by atoms with Gasteiger partial charge in [-0.05, 0) is 0 Å². The van der Waals surface area contributed by atoms with E-state index >= 15 is 0 Å². The lowest BCUT2D eigenvalue weighted by Crippen LogP contribution is -2.63. The van der Waals surface area contributed by atoms with Gasteiger partial charge >= 0.3 is 0 Å². The second-order valence-electron chi connectivity index (χ2n) is 2.58.